The molecule has 176 valence electrons. The predicted molar refractivity (Wildman–Crippen MR) is 123 cm³/mol. The van der Waals surface area contributed by atoms with Gasteiger partial charge in [-0.25, -0.2) is 0 Å². The van der Waals surface area contributed by atoms with E-state index in [1.165, 1.54) is 51.4 Å². The molecule has 0 radical (unpaired) electrons. The van der Waals surface area contributed by atoms with Crippen LogP contribution < -0.4 is 0 Å². The summed E-state index contributed by atoms with van der Waals surface area (Å²) in [5.41, 5.74) is 0. The average Bonchev–Trinajstić information content (AvgIpc) is 2.73. The van der Waals surface area contributed by atoms with Gasteiger partial charge < -0.3 is 9.47 Å². The summed E-state index contributed by atoms with van der Waals surface area (Å²) in [7, 11) is 0. The minimum Gasteiger partial charge on any atom is -0.462 e. The summed E-state index contributed by atoms with van der Waals surface area (Å²) in [6.45, 7) is 8.39. The zero-order valence-corrected chi connectivity index (χ0v) is 20.3. The van der Waals surface area contributed by atoms with Crippen molar-refractivity contribution in [2.24, 2.45) is 11.8 Å². The normalized spacial score (nSPS) is 21.1. The molecule has 0 amide bonds. The summed E-state index contributed by atoms with van der Waals surface area (Å²) in [5.74, 6) is -1.04. The molecule has 0 spiro atoms. The second-order valence-electron chi connectivity index (χ2n) is 9.40. The molecule has 4 nitrogen and oxygen atoms in total. The molecule has 4 heteroatoms. The minimum atomic E-state index is -0.328. The van der Waals surface area contributed by atoms with Gasteiger partial charge in [-0.3, -0.25) is 9.59 Å². The molecular weight excluding hydrogens is 376 g/mol. The van der Waals surface area contributed by atoms with Crippen LogP contribution in [0.4, 0.5) is 0 Å². The van der Waals surface area contributed by atoms with E-state index in [0.717, 1.165) is 51.4 Å². The summed E-state index contributed by atoms with van der Waals surface area (Å²) in [6, 6.07) is 0. The van der Waals surface area contributed by atoms with E-state index in [4.69, 9.17) is 9.47 Å². The molecule has 4 unspecified atom stereocenters. The first-order valence-electron chi connectivity index (χ1n) is 12.9. The van der Waals surface area contributed by atoms with Gasteiger partial charge in [-0.05, 0) is 52.4 Å². The zero-order valence-electron chi connectivity index (χ0n) is 20.3. The molecule has 0 aromatic rings. The van der Waals surface area contributed by atoms with Crippen LogP contribution in [0, 0.1) is 11.8 Å². The lowest BCUT2D eigenvalue weighted by Crippen LogP contribution is -2.37. The van der Waals surface area contributed by atoms with E-state index in [0.29, 0.717) is 0 Å². The highest BCUT2D eigenvalue weighted by Gasteiger charge is 2.38. The van der Waals surface area contributed by atoms with Gasteiger partial charge in [0.05, 0.1) is 24.0 Å². The molecule has 4 atom stereocenters. The maximum atomic E-state index is 12.8. The Bertz CT molecular complexity index is 420. The SMILES string of the molecule is CCCCCCCC(C)OC(=O)C1CCCCC1C(=O)OC(C)CCCCCCC. The highest BCUT2D eigenvalue weighted by atomic mass is 16.6. The smallest absolute Gasteiger partial charge is 0.310 e. The Morgan fingerprint density at radius 2 is 1.03 bits per heavy atom. The standard InChI is InChI=1S/C26H48O4/c1-5-7-9-11-13-17-21(3)29-25(27)23-19-15-16-20-24(23)26(28)30-22(4)18-14-12-10-8-6-2/h21-24H,5-20H2,1-4H3. The topological polar surface area (TPSA) is 52.6 Å². The van der Waals surface area contributed by atoms with Gasteiger partial charge in [-0.2, -0.15) is 0 Å². The lowest BCUT2D eigenvalue weighted by molar-refractivity contribution is -0.168. The maximum Gasteiger partial charge on any atom is 0.310 e. The Hall–Kier alpha value is -1.06. The predicted octanol–water partition coefficient (Wildman–Crippen LogP) is 7.38. The van der Waals surface area contributed by atoms with Crippen LogP contribution in [-0.4, -0.2) is 24.1 Å². The van der Waals surface area contributed by atoms with Crippen molar-refractivity contribution in [3.63, 3.8) is 0 Å². The van der Waals surface area contributed by atoms with Crippen LogP contribution in [0.1, 0.15) is 130 Å². The molecule has 1 saturated carbocycles. The average molecular weight is 425 g/mol. The molecule has 0 aliphatic heterocycles. The third kappa shape index (κ3) is 11.4. The first-order valence-corrected chi connectivity index (χ1v) is 12.9. The Balaban J connectivity index is 2.40. The maximum absolute atomic E-state index is 12.8. The molecular formula is C26H48O4. The molecule has 1 rings (SSSR count). The van der Waals surface area contributed by atoms with Crippen molar-refractivity contribution in [2.45, 2.75) is 143 Å². The molecule has 0 heterocycles. The van der Waals surface area contributed by atoms with Gasteiger partial charge in [0.2, 0.25) is 0 Å². The Morgan fingerprint density at radius 1 is 0.667 bits per heavy atom. The van der Waals surface area contributed by atoms with Crippen molar-refractivity contribution in [3.8, 4) is 0 Å². The van der Waals surface area contributed by atoms with E-state index in [1.54, 1.807) is 0 Å². The lowest BCUT2D eigenvalue weighted by Gasteiger charge is -2.30. The summed E-state index contributed by atoms with van der Waals surface area (Å²) in [4.78, 5) is 25.6. The molecule has 1 aliphatic carbocycles. The van der Waals surface area contributed by atoms with Crippen molar-refractivity contribution in [1.82, 2.24) is 0 Å². The van der Waals surface area contributed by atoms with Crippen molar-refractivity contribution in [3.05, 3.63) is 0 Å². The van der Waals surface area contributed by atoms with E-state index < -0.39 is 0 Å². The minimum absolute atomic E-state index is 0.0697. The van der Waals surface area contributed by atoms with Gasteiger partial charge in [0, 0.05) is 0 Å². The number of ether oxygens (including phenoxy) is 2. The van der Waals surface area contributed by atoms with Crippen LogP contribution in [0.3, 0.4) is 0 Å². The van der Waals surface area contributed by atoms with Crippen molar-refractivity contribution >= 4 is 11.9 Å². The number of unbranched alkanes of at least 4 members (excludes halogenated alkanes) is 8. The van der Waals surface area contributed by atoms with Gasteiger partial charge in [-0.15, -0.1) is 0 Å². The van der Waals surface area contributed by atoms with Gasteiger partial charge in [0.1, 0.15) is 0 Å². The van der Waals surface area contributed by atoms with Gasteiger partial charge in [0.15, 0.2) is 0 Å². The van der Waals surface area contributed by atoms with Crippen molar-refractivity contribution < 1.29 is 19.1 Å². The second kappa shape index (κ2) is 16.6. The summed E-state index contributed by atoms with van der Waals surface area (Å²) in [5, 5.41) is 0. The molecule has 1 fully saturated rings. The molecule has 0 bridgehead atoms. The van der Waals surface area contributed by atoms with E-state index in [2.05, 4.69) is 13.8 Å². The zero-order chi connectivity index (χ0) is 22.2. The highest BCUT2D eigenvalue weighted by molar-refractivity contribution is 5.82. The third-order valence-electron chi connectivity index (χ3n) is 6.43. The van der Waals surface area contributed by atoms with E-state index in [9.17, 15) is 9.59 Å². The fraction of sp³-hybridized carbons (Fsp3) is 0.923. The fourth-order valence-electron chi connectivity index (χ4n) is 4.46. The Kier molecular flexibility index (Phi) is 14.9. The van der Waals surface area contributed by atoms with Crippen LogP contribution in [0.25, 0.3) is 0 Å². The largest absolute Gasteiger partial charge is 0.462 e. The summed E-state index contributed by atoms with van der Waals surface area (Å²) < 4.78 is 11.5. The van der Waals surface area contributed by atoms with Crippen LogP contribution >= 0.6 is 0 Å². The van der Waals surface area contributed by atoms with Crippen LogP contribution in [0.5, 0.6) is 0 Å². The van der Waals surface area contributed by atoms with Crippen LogP contribution in [0.15, 0.2) is 0 Å². The highest BCUT2D eigenvalue weighted by Crippen LogP contribution is 2.33. The monoisotopic (exact) mass is 424 g/mol. The molecule has 1 aliphatic rings. The second-order valence-corrected chi connectivity index (χ2v) is 9.40. The van der Waals surface area contributed by atoms with E-state index in [1.807, 2.05) is 13.8 Å². The first-order chi connectivity index (χ1) is 14.5. The molecule has 0 saturated heterocycles. The van der Waals surface area contributed by atoms with Crippen molar-refractivity contribution in [1.29, 1.82) is 0 Å². The number of carbonyl (C=O) groups excluding carboxylic acids is 2. The fourth-order valence-corrected chi connectivity index (χ4v) is 4.46. The van der Waals surface area contributed by atoms with E-state index in [-0.39, 0.29) is 36.0 Å². The molecule has 0 N–H and O–H groups in total. The first kappa shape index (κ1) is 27.0. The lowest BCUT2D eigenvalue weighted by atomic mass is 9.79. The number of rotatable bonds is 16. The van der Waals surface area contributed by atoms with Crippen molar-refractivity contribution in [2.75, 3.05) is 0 Å². The number of carbonyl (C=O) groups is 2. The molecule has 0 aromatic carbocycles. The molecule has 0 aromatic heterocycles. The summed E-state index contributed by atoms with van der Waals surface area (Å²) in [6.07, 6.45) is 17.3. The number of hydrogen-bond acceptors (Lipinski definition) is 4. The van der Waals surface area contributed by atoms with Gasteiger partial charge in [-0.1, -0.05) is 78.1 Å². The van der Waals surface area contributed by atoms with Crippen LogP contribution in [0.2, 0.25) is 0 Å². The quantitative estimate of drug-likeness (QED) is 0.192. The third-order valence-corrected chi connectivity index (χ3v) is 6.43. The van der Waals surface area contributed by atoms with Gasteiger partial charge in [0.25, 0.3) is 0 Å². The summed E-state index contributed by atoms with van der Waals surface area (Å²) >= 11 is 0. The Labute approximate surface area is 185 Å². The number of esters is 2. The van der Waals surface area contributed by atoms with Gasteiger partial charge >= 0.3 is 11.9 Å². The molecule has 30 heavy (non-hydrogen) atoms. The van der Waals surface area contributed by atoms with Crippen LogP contribution in [-0.2, 0) is 19.1 Å². The Morgan fingerprint density at radius 3 is 1.40 bits per heavy atom. The number of hydrogen-bond donors (Lipinski definition) is 0. The van der Waals surface area contributed by atoms with E-state index >= 15 is 0 Å².